The van der Waals surface area contributed by atoms with Crippen molar-refractivity contribution in [1.29, 1.82) is 0 Å². The van der Waals surface area contributed by atoms with Gasteiger partial charge >= 0.3 is 7.68 Å². The van der Waals surface area contributed by atoms with Gasteiger partial charge in [-0.1, -0.05) is 83.8 Å². The zero-order chi connectivity index (χ0) is 20.9. The third kappa shape index (κ3) is 22.1. The van der Waals surface area contributed by atoms with Gasteiger partial charge in [0.15, 0.2) is 0 Å². The second-order valence-electron chi connectivity index (χ2n) is 7.88. The maximum absolute atomic E-state index is 12.9. The molecule has 0 N–H and O–H groups in total. The predicted molar refractivity (Wildman–Crippen MR) is 120 cm³/mol. The number of hydrogen-bond donors (Lipinski definition) is 0. The van der Waals surface area contributed by atoms with Crippen LogP contribution in [0.3, 0.4) is 0 Å². The third-order valence-corrected chi connectivity index (χ3v) is 5.57. The molecule has 28 heavy (non-hydrogen) atoms. The summed E-state index contributed by atoms with van der Waals surface area (Å²) in [6.45, 7) is 5.97. The molecule has 0 saturated carbocycles. The quantitative estimate of drug-likeness (QED) is 0.106. The van der Waals surface area contributed by atoms with Crippen LogP contribution in [0.2, 0.25) is 0 Å². The maximum Gasteiger partial charge on any atom is 0.364 e. The van der Waals surface area contributed by atoms with Gasteiger partial charge in [0.05, 0.1) is 12.7 Å². The van der Waals surface area contributed by atoms with E-state index in [-0.39, 0.29) is 12.7 Å². The number of halogens is 1. The first-order chi connectivity index (χ1) is 13.5. The third-order valence-electron chi connectivity index (χ3n) is 4.96. The summed E-state index contributed by atoms with van der Waals surface area (Å²) in [5.74, 6) is 0. The van der Waals surface area contributed by atoms with Crippen LogP contribution in [0.15, 0.2) is 12.2 Å². The molecule has 2 unspecified atom stereocenters. The summed E-state index contributed by atoms with van der Waals surface area (Å²) in [6.07, 6.45) is 23.3. The van der Waals surface area contributed by atoms with Gasteiger partial charge in [0.2, 0.25) is 0 Å². The summed E-state index contributed by atoms with van der Waals surface area (Å²) in [7, 11) is -3.89. The molecule has 0 rings (SSSR count). The van der Waals surface area contributed by atoms with Crippen LogP contribution in [0, 0.1) is 0 Å². The number of ether oxygens (including phenoxy) is 1. The second kappa shape index (κ2) is 20.1. The summed E-state index contributed by atoms with van der Waals surface area (Å²) in [5.41, 5.74) is 0. The van der Waals surface area contributed by atoms with Crippen LogP contribution >= 0.6 is 7.68 Å². The Hall–Kier alpha value is -0.180. The lowest BCUT2D eigenvalue weighted by Gasteiger charge is -2.16. The lowest BCUT2D eigenvalue weighted by Crippen LogP contribution is -2.18. The van der Waals surface area contributed by atoms with E-state index in [1.807, 2.05) is 6.92 Å². The van der Waals surface area contributed by atoms with Crippen molar-refractivity contribution in [2.24, 2.45) is 0 Å². The summed E-state index contributed by atoms with van der Waals surface area (Å²) in [6, 6.07) is 0. The van der Waals surface area contributed by atoms with Crippen LogP contribution in [0.5, 0.6) is 0 Å². The van der Waals surface area contributed by atoms with E-state index in [0.29, 0.717) is 6.61 Å². The first-order valence-corrected chi connectivity index (χ1v) is 13.6. The minimum atomic E-state index is -3.89. The maximum atomic E-state index is 12.9. The van der Waals surface area contributed by atoms with Crippen molar-refractivity contribution in [2.75, 3.05) is 19.9 Å². The van der Waals surface area contributed by atoms with Crippen LogP contribution in [0.4, 0.5) is 4.20 Å². The van der Waals surface area contributed by atoms with Gasteiger partial charge in [-0.2, -0.15) is 4.20 Å². The molecule has 0 aliphatic heterocycles. The molecule has 0 heterocycles. The summed E-state index contributed by atoms with van der Waals surface area (Å²) < 4.78 is 34.2. The lowest BCUT2D eigenvalue weighted by molar-refractivity contribution is 0.0154. The Morgan fingerprint density at radius 1 is 0.821 bits per heavy atom. The molecule has 0 aromatic rings. The summed E-state index contributed by atoms with van der Waals surface area (Å²) >= 11 is 0. The molecule has 0 bridgehead atoms. The second-order valence-corrected chi connectivity index (χ2v) is 9.63. The SMILES string of the molecule is CCCCCCCC/C=C\CCCCCCCCOC(CC)COP(C)(=O)F. The molecule has 0 fully saturated rings. The molecule has 168 valence electrons. The topological polar surface area (TPSA) is 35.5 Å². The van der Waals surface area contributed by atoms with Crippen LogP contribution in [-0.4, -0.2) is 26.0 Å². The van der Waals surface area contributed by atoms with Crippen LogP contribution in [0.1, 0.15) is 110 Å². The lowest BCUT2D eigenvalue weighted by atomic mass is 10.1. The Balaban J connectivity index is 3.32. The highest BCUT2D eigenvalue weighted by molar-refractivity contribution is 7.52. The van der Waals surface area contributed by atoms with Crippen LogP contribution < -0.4 is 0 Å². The van der Waals surface area contributed by atoms with Crippen molar-refractivity contribution in [1.82, 2.24) is 0 Å². The molecule has 0 aliphatic rings. The fraction of sp³-hybridized carbons (Fsp3) is 0.913. The zero-order valence-corrected chi connectivity index (χ0v) is 19.7. The molecule has 0 amide bonds. The van der Waals surface area contributed by atoms with E-state index >= 15 is 0 Å². The van der Waals surface area contributed by atoms with Crippen molar-refractivity contribution in [2.45, 2.75) is 116 Å². The van der Waals surface area contributed by atoms with Gasteiger partial charge in [-0.3, -0.25) is 4.57 Å². The van der Waals surface area contributed by atoms with Crippen molar-refractivity contribution in [3.05, 3.63) is 12.2 Å². The number of unbranched alkanes of at least 4 members (excludes halogenated alkanes) is 12. The zero-order valence-electron chi connectivity index (χ0n) is 18.8. The molecule has 2 atom stereocenters. The molecule has 3 nitrogen and oxygen atoms in total. The molecular formula is C23H46FO3P. The highest BCUT2D eigenvalue weighted by atomic mass is 31.2. The highest BCUT2D eigenvalue weighted by Gasteiger charge is 2.16. The number of allylic oxidation sites excluding steroid dienone is 2. The van der Waals surface area contributed by atoms with E-state index in [1.165, 1.54) is 83.5 Å². The first-order valence-electron chi connectivity index (χ1n) is 11.7. The molecule has 0 spiro atoms. The Morgan fingerprint density at radius 3 is 1.82 bits per heavy atom. The fourth-order valence-corrected chi connectivity index (χ4v) is 3.53. The van der Waals surface area contributed by atoms with Gasteiger partial charge in [0, 0.05) is 13.3 Å². The molecule has 0 aromatic heterocycles. The van der Waals surface area contributed by atoms with Gasteiger partial charge in [0.25, 0.3) is 0 Å². The van der Waals surface area contributed by atoms with Crippen LogP contribution in [0.25, 0.3) is 0 Å². The molecule has 0 saturated heterocycles. The minimum Gasteiger partial charge on any atom is -0.376 e. The average molecular weight is 421 g/mol. The van der Waals surface area contributed by atoms with Crippen molar-refractivity contribution < 1.29 is 18.0 Å². The van der Waals surface area contributed by atoms with E-state index in [9.17, 15) is 8.76 Å². The van der Waals surface area contributed by atoms with Gasteiger partial charge in [-0.15, -0.1) is 0 Å². The highest BCUT2D eigenvalue weighted by Crippen LogP contribution is 2.44. The average Bonchev–Trinajstić information content (AvgIpc) is 2.65. The fourth-order valence-electron chi connectivity index (χ4n) is 3.10. The molecule has 0 radical (unpaired) electrons. The Kier molecular flexibility index (Phi) is 20.0. The minimum absolute atomic E-state index is 0.0765. The van der Waals surface area contributed by atoms with E-state index in [4.69, 9.17) is 9.26 Å². The van der Waals surface area contributed by atoms with Crippen molar-refractivity contribution in [3.8, 4) is 0 Å². The van der Waals surface area contributed by atoms with Gasteiger partial charge in [-0.25, -0.2) is 0 Å². The number of hydrogen-bond acceptors (Lipinski definition) is 3. The van der Waals surface area contributed by atoms with E-state index in [0.717, 1.165) is 19.5 Å². The van der Waals surface area contributed by atoms with Gasteiger partial charge < -0.3 is 9.26 Å². The summed E-state index contributed by atoms with van der Waals surface area (Å²) in [4.78, 5) is 0. The monoisotopic (exact) mass is 420 g/mol. The van der Waals surface area contributed by atoms with Gasteiger partial charge in [0.1, 0.15) is 0 Å². The molecule has 0 aliphatic carbocycles. The molecule has 5 heteroatoms. The number of rotatable bonds is 21. The smallest absolute Gasteiger partial charge is 0.364 e. The van der Waals surface area contributed by atoms with Crippen molar-refractivity contribution in [3.63, 3.8) is 0 Å². The first kappa shape index (κ1) is 27.8. The standard InChI is InChI=1S/C23H46FO3P/c1-4-6-7-8-9-10-11-12-13-14-15-16-17-18-19-20-21-26-23(5-2)22-27-28(3,24)25/h12-13,23H,4-11,14-22H2,1-3H3/b13-12-. The Morgan fingerprint density at radius 2 is 1.32 bits per heavy atom. The predicted octanol–water partition coefficient (Wildman–Crippen LogP) is 8.63. The summed E-state index contributed by atoms with van der Waals surface area (Å²) in [5, 5.41) is 0. The molecular weight excluding hydrogens is 374 g/mol. The molecule has 0 aromatic carbocycles. The van der Waals surface area contributed by atoms with E-state index in [1.54, 1.807) is 0 Å². The van der Waals surface area contributed by atoms with Crippen molar-refractivity contribution >= 4 is 7.68 Å². The van der Waals surface area contributed by atoms with E-state index in [2.05, 4.69) is 19.1 Å². The largest absolute Gasteiger partial charge is 0.376 e. The normalized spacial score (nSPS) is 15.1. The Labute approximate surface area is 174 Å². The van der Waals surface area contributed by atoms with Crippen LogP contribution in [-0.2, 0) is 13.8 Å². The van der Waals surface area contributed by atoms with Gasteiger partial charge in [-0.05, 0) is 38.5 Å². The van der Waals surface area contributed by atoms with E-state index < -0.39 is 7.68 Å². The Bertz CT molecular complexity index is 395.